The molecule has 1 saturated carbocycles. The number of para-hydroxylation sites is 1. The predicted molar refractivity (Wildman–Crippen MR) is 103 cm³/mol. The van der Waals surface area contributed by atoms with Crippen molar-refractivity contribution >= 4 is 41.0 Å². The third-order valence-electron chi connectivity index (χ3n) is 4.27. The van der Waals surface area contributed by atoms with Crippen molar-refractivity contribution in [2.45, 2.75) is 10.3 Å². The number of nitrogens with one attached hydrogen (secondary N) is 1. The third kappa shape index (κ3) is 4.14. The van der Waals surface area contributed by atoms with E-state index in [1.165, 1.54) is 0 Å². The summed E-state index contributed by atoms with van der Waals surface area (Å²) in [5.41, 5.74) is 4.57. The minimum Gasteiger partial charge on any atom is -0.365 e. The maximum Gasteiger partial charge on any atom is 0.259 e. The molecule has 25 heavy (non-hydrogen) atoms. The van der Waals surface area contributed by atoms with E-state index in [-0.39, 0.29) is 24.3 Å². The van der Waals surface area contributed by atoms with Crippen molar-refractivity contribution in [3.05, 3.63) is 66.2 Å². The monoisotopic (exact) mass is 375 g/mol. The molecule has 0 aliphatic heterocycles. The van der Waals surface area contributed by atoms with E-state index in [0.717, 1.165) is 11.3 Å². The summed E-state index contributed by atoms with van der Waals surface area (Å²) in [6.45, 7) is 0.209. The van der Waals surface area contributed by atoms with Gasteiger partial charge in [0.15, 0.2) is 0 Å². The van der Waals surface area contributed by atoms with Crippen LogP contribution in [0.5, 0.6) is 0 Å². The van der Waals surface area contributed by atoms with Crippen molar-refractivity contribution in [2.75, 3.05) is 18.5 Å². The number of nitrogens with zero attached hydrogens (tertiary/aromatic N) is 2. The van der Waals surface area contributed by atoms with E-state index in [1.54, 1.807) is 6.21 Å². The molecule has 0 saturated heterocycles. The molecule has 0 heterocycles. The highest BCUT2D eigenvalue weighted by Crippen LogP contribution is 2.63. The van der Waals surface area contributed by atoms with Gasteiger partial charge in [0, 0.05) is 30.8 Å². The van der Waals surface area contributed by atoms with Crippen molar-refractivity contribution in [2.24, 2.45) is 11.0 Å². The molecule has 1 amide bonds. The Morgan fingerprint density at radius 2 is 1.76 bits per heavy atom. The number of halogens is 2. The molecule has 0 radical (unpaired) electrons. The summed E-state index contributed by atoms with van der Waals surface area (Å²) in [4.78, 5) is 13.9. The van der Waals surface area contributed by atoms with Crippen LogP contribution in [0.1, 0.15) is 11.5 Å². The molecule has 0 unspecified atom stereocenters. The Kier molecular flexibility index (Phi) is 5.30. The lowest BCUT2D eigenvalue weighted by molar-refractivity contribution is -0.119. The summed E-state index contributed by atoms with van der Waals surface area (Å²) in [5.74, 6) is -0.329. The van der Waals surface area contributed by atoms with Gasteiger partial charge in [-0.05, 0) is 17.7 Å². The number of hydrogen-bond donors (Lipinski definition) is 1. The molecule has 2 aromatic carbocycles. The summed E-state index contributed by atoms with van der Waals surface area (Å²) < 4.78 is -0.879. The summed E-state index contributed by atoms with van der Waals surface area (Å²) >= 11 is 12.7. The highest BCUT2D eigenvalue weighted by molar-refractivity contribution is 6.53. The van der Waals surface area contributed by atoms with Crippen LogP contribution in [0.4, 0.5) is 5.69 Å². The number of hydrogen-bond acceptors (Lipinski definition) is 3. The summed E-state index contributed by atoms with van der Waals surface area (Å²) in [5, 5.41) is 4.03. The highest BCUT2D eigenvalue weighted by Gasteiger charge is 2.63. The minimum absolute atomic E-state index is 0.00956. The van der Waals surface area contributed by atoms with Crippen LogP contribution in [0.25, 0.3) is 0 Å². The standard InChI is InChI=1S/C19H19Cl2N3O/c1-24(15-10-6-3-7-11-15)13-17(25)23-22-12-16-18(19(16,20)21)14-8-4-2-5-9-14/h2-12,16,18H,13H2,1H3,(H,23,25)/b22-12-/t16-,18+/m0/s1. The van der Waals surface area contributed by atoms with Crippen molar-refractivity contribution in [3.63, 3.8) is 0 Å². The summed E-state index contributed by atoms with van der Waals surface area (Å²) in [7, 11) is 1.85. The summed E-state index contributed by atoms with van der Waals surface area (Å²) in [6, 6.07) is 19.5. The first-order chi connectivity index (χ1) is 12.0. The van der Waals surface area contributed by atoms with Crippen molar-refractivity contribution in [3.8, 4) is 0 Å². The molecule has 0 aromatic heterocycles. The van der Waals surface area contributed by atoms with Crippen LogP contribution in [-0.4, -0.2) is 30.0 Å². The fraction of sp³-hybridized carbons (Fsp3) is 0.263. The first-order valence-corrected chi connectivity index (χ1v) is 8.76. The molecule has 130 valence electrons. The molecule has 2 aromatic rings. The Morgan fingerprint density at radius 1 is 1.16 bits per heavy atom. The number of alkyl halides is 2. The normalized spacial score (nSPS) is 21.1. The van der Waals surface area contributed by atoms with Crippen LogP contribution >= 0.6 is 23.2 Å². The lowest BCUT2D eigenvalue weighted by Gasteiger charge is -2.17. The number of likely N-dealkylation sites (N-methyl/N-ethyl adjacent to an activating group) is 1. The average molecular weight is 376 g/mol. The van der Waals surface area contributed by atoms with Gasteiger partial charge in [0.1, 0.15) is 4.33 Å². The van der Waals surface area contributed by atoms with Gasteiger partial charge in [-0.25, -0.2) is 5.43 Å². The Labute approximate surface area is 157 Å². The Morgan fingerprint density at radius 3 is 2.40 bits per heavy atom. The van der Waals surface area contributed by atoms with Crippen LogP contribution < -0.4 is 10.3 Å². The van der Waals surface area contributed by atoms with Gasteiger partial charge in [0.05, 0.1) is 6.54 Å². The Hall–Kier alpha value is -2.04. The lowest BCUT2D eigenvalue weighted by Crippen LogP contribution is -2.32. The Balaban J connectivity index is 1.52. The molecule has 1 N–H and O–H groups in total. The van der Waals surface area contributed by atoms with Crippen molar-refractivity contribution in [1.82, 2.24) is 5.43 Å². The molecule has 3 rings (SSSR count). The highest BCUT2D eigenvalue weighted by atomic mass is 35.5. The second kappa shape index (κ2) is 7.46. The number of rotatable bonds is 6. The van der Waals surface area contributed by atoms with E-state index in [4.69, 9.17) is 23.2 Å². The first kappa shape index (κ1) is 17.8. The third-order valence-corrected chi connectivity index (χ3v) is 5.24. The van der Waals surface area contributed by atoms with E-state index in [9.17, 15) is 4.79 Å². The van der Waals surface area contributed by atoms with Gasteiger partial charge >= 0.3 is 0 Å². The fourth-order valence-corrected chi connectivity index (χ4v) is 3.60. The zero-order valence-electron chi connectivity index (χ0n) is 13.8. The zero-order valence-corrected chi connectivity index (χ0v) is 15.3. The van der Waals surface area contributed by atoms with E-state index >= 15 is 0 Å². The number of anilines is 1. The maximum atomic E-state index is 12.0. The zero-order chi connectivity index (χ0) is 17.9. The molecule has 4 nitrogen and oxygen atoms in total. The van der Waals surface area contributed by atoms with E-state index in [0.29, 0.717) is 0 Å². The quantitative estimate of drug-likeness (QED) is 0.473. The molecule has 1 fully saturated rings. The maximum absolute atomic E-state index is 12.0. The first-order valence-electron chi connectivity index (χ1n) is 8.01. The van der Waals surface area contributed by atoms with E-state index in [1.807, 2.05) is 72.6 Å². The number of amides is 1. The molecular weight excluding hydrogens is 357 g/mol. The molecular formula is C19H19Cl2N3O. The number of carbonyl (C=O) groups is 1. The molecule has 6 heteroatoms. The number of carbonyl (C=O) groups excluding carboxylic acids is 1. The topological polar surface area (TPSA) is 44.7 Å². The number of benzene rings is 2. The van der Waals surface area contributed by atoms with Gasteiger partial charge < -0.3 is 4.90 Å². The van der Waals surface area contributed by atoms with Crippen molar-refractivity contribution in [1.29, 1.82) is 0 Å². The van der Waals surface area contributed by atoms with Crippen LogP contribution in [0.3, 0.4) is 0 Å². The molecule has 0 bridgehead atoms. The molecule has 1 aliphatic carbocycles. The van der Waals surface area contributed by atoms with Gasteiger partial charge in [-0.15, -0.1) is 23.2 Å². The second-order valence-corrected chi connectivity index (χ2v) is 7.54. The molecule has 1 aliphatic rings. The average Bonchev–Trinajstić information content (AvgIpc) is 3.17. The lowest BCUT2D eigenvalue weighted by atomic mass is 10.1. The fourth-order valence-electron chi connectivity index (χ4n) is 2.84. The van der Waals surface area contributed by atoms with Crippen LogP contribution in [-0.2, 0) is 4.79 Å². The van der Waals surface area contributed by atoms with Crippen LogP contribution in [0.2, 0.25) is 0 Å². The smallest absolute Gasteiger partial charge is 0.259 e. The minimum atomic E-state index is -0.879. The van der Waals surface area contributed by atoms with Gasteiger partial charge in [0.2, 0.25) is 0 Å². The Bertz CT molecular complexity index is 750. The SMILES string of the molecule is CN(CC(=O)N/N=C\[C@H]1[C@@H](c2ccccc2)C1(Cl)Cl)c1ccccc1. The second-order valence-electron chi connectivity index (χ2n) is 6.09. The molecule has 2 atom stereocenters. The van der Waals surface area contributed by atoms with Crippen LogP contribution in [0.15, 0.2) is 65.8 Å². The summed E-state index contributed by atoms with van der Waals surface area (Å²) in [6.07, 6.45) is 1.62. The van der Waals surface area contributed by atoms with Gasteiger partial charge in [-0.2, -0.15) is 5.10 Å². The van der Waals surface area contributed by atoms with Gasteiger partial charge in [0.25, 0.3) is 5.91 Å². The van der Waals surface area contributed by atoms with Crippen molar-refractivity contribution < 1.29 is 4.79 Å². The van der Waals surface area contributed by atoms with Gasteiger partial charge in [-0.3, -0.25) is 4.79 Å². The van der Waals surface area contributed by atoms with Gasteiger partial charge in [-0.1, -0.05) is 48.5 Å². The largest absolute Gasteiger partial charge is 0.365 e. The van der Waals surface area contributed by atoms with E-state index in [2.05, 4.69) is 10.5 Å². The van der Waals surface area contributed by atoms with Crippen LogP contribution in [0, 0.1) is 5.92 Å². The predicted octanol–water partition coefficient (Wildman–Crippen LogP) is 3.81. The van der Waals surface area contributed by atoms with E-state index < -0.39 is 4.33 Å². The molecule has 0 spiro atoms. The number of hydrazone groups is 1.